The molecule has 0 saturated carbocycles. The minimum Gasteiger partial charge on any atom is -0.384 e. The molecule has 1 rings (SSSR count). The highest BCUT2D eigenvalue weighted by Crippen LogP contribution is 2.13. The summed E-state index contributed by atoms with van der Waals surface area (Å²) in [4.78, 5) is 15.5. The molecule has 0 aromatic carbocycles. The van der Waals surface area contributed by atoms with Gasteiger partial charge in [-0.2, -0.15) is 15.0 Å². The van der Waals surface area contributed by atoms with Crippen LogP contribution in [-0.2, 0) is 4.74 Å². The number of ether oxygens (including phenoxy) is 1. The Labute approximate surface area is 127 Å². The molecule has 0 saturated heterocycles. The summed E-state index contributed by atoms with van der Waals surface area (Å²) in [5.41, 5.74) is 0. The molecule has 1 aromatic heterocycles. The summed E-state index contributed by atoms with van der Waals surface area (Å²) in [7, 11) is 1.71. The largest absolute Gasteiger partial charge is 0.384 e. The van der Waals surface area contributed by atoms with Gasteiger partial charge in [-0.15, -0.1) is 0 Å². The zero-order valence-corrected chi connectivity index (χ0v) is 13.8. The van der Waals surface area contributed by atoms with Crippen LogP contribution in [0, 0.1) is 5.92 Å². The summed E-state index contributed by atoms with van der Waals surface area (Å²) >= 11 is 0. The first-order valence-corrected chi connectivity index (χ1v) is 7.62. The van der Waals surface area contributed by atoms with E-state index in [1.54, 1.807) is 7.11 Å². The van der Waals surface area contributed by atoms with Crippen LogP contribution in [0.1, 0.15) is 27.7 Å². The average molecular weight is 296 g/mol. The van der Waals surface area contributed by atoms with Gasteiger partial charge in [0.25, 0.3) is 0 Å². The van der Waals surface area contributed by atoms with Gasteiger partial charge in [-0.3, -0.25) is 0 Å². The standard InChI is InChI=1S/C14H28N6O/c1-6-15-12-17-13(16-9-11(4)10-21-5)19-14(18-12)20(7-2)8-3/h11H,6-10H2,1-5H3,(H2,15,16,17,18,19). The monoisotopic (exact) mass is 296 g/mol. The Kier molecular flexibility index (Phi) is 7.74. The Hall–Kier alpha value is -1.63. The van der Waals surface area contributed by atoms with Gasteiger partial charge >= 0.3 is 0 Å². The molecule has 2 N–H and O–H groups in total. The third-order valence-electron chi connectivity index (χ3n) is 3.06. The molecule has 0 aliphatic heterocycles. The maximum absolute atomic E-state index is 5.14. The van der Waals surface area contributed by atoms with Crippen LogP contribution in [0.15, 0.2) is 0 Å². The number of hydrogen-bond donors (Lipinski definition) is 2. The van der Waals surface area contributed by atoms with Gasteiger partial charge in [-0.25, -0.2) is 0 Å². The molecule has 1 heterocycles. The van der Waals surface area contributed by atoms with Crippen molar-refractivity contribution in [3.05, 3.63) is 0 Å². The van der Waals surface area contributed by atoms with E-state index in [0.29, 0.717) is 30.4 Å². The van der Waals surface area contributed by atoms with Crippen molar-refractivity contribution < 1.29 is 4.74 Å². The van der Waals surface area contributed by atoms with Gasteiger partial charge in [0.15, 0.2) is 0 Å². The lowest BCUT2D eigenvalue weighted by atomic mass is 10.2. The Morgan fingerprint density at radius 3 is 2.19 bits per heavy atom. The van der Waals surface area contributed by atoms with Crippen LogP contribution in [0.5, 0.6) is 0 Å². The van der Waals surface area contributed by atoms with E-state index in [1.165, 1.54) is 0 Å². The van der Waals surface area contributed by atoms with Gasteiger partial charge in [0.1, 0.15) is 0 Å². The number of rotatable bonds is 10. The molecule has 120 valence electrons. The van der Waals surface area contributed by atoms with E-state index in [9.17, 15) is 0 Å². The number of anilines is 3. The minimum absolute atomic E-state index is 0.395. The lowest BCUT2D eigenvalue weighted by Crippen LogP contribution is -2.26. The van der Waals surface area contributed by atoms with Gasteiger partial charge < -0.3 is 20.3 Å². The molecule has 0 spiro atoms. The number of nitrogens with one attached hydrogen (secondary N) is 2. The van der Waals surface area contributed by atoms with Crippen molar-refractivity contribution >= 4 is 17.8 Å². The molecule has 0 radical (unpaired) electrons. The van der Waals surface area contributed by atoms with Crippen LogP contribution in [-0.4, -0.2) is 54.8 Å². The van der Waals surface area contributed by atoms with E-state index >= 15 is 0 Å². The van der Waals surface area contributed by atoms with E-state index in [4.69, 9.17) is 4.74 Å². The summed E-state index contributed by atoms with van der Waals surface area (Å²) in [6.07, 6.45) is 0. The highest BCUT2D eigenvalue weighted by Gasteiger charge is 2.11. The Morgan fingerprint density at radius 2 is 1.67 bits per heavy atom. The summed E-state index contributed by atoms with van der Waals surface area (Å²) < 4.78 is 5.14. The smallest absolute Gasteiger partial charge is 0.231 e. The lowest BCUT2D eigenvalue weighted by Gasteiger charge is -2.20. The molecule has 1 atom stereocenters. The van der Waals surface area contributed by atoms with E-state index in [1.807, 2.05) is 6.92 Å². The molecule has 0 bridgehead atoms. The summed E-state index contributed by atoms with van der Waals surface area (Å²) in [6, 6.07) is 0. The zero-order valence-electron chi connectivity index (χ0n) is 13.8. The van der Waals surface area contributed by atoms with E-state index in [0.717, 1.165) is 26.2 Å². The van der Waals surface area contributed by atoms with Gasteiger partial charge in [-0.05, 0) is 26.7 Å². The molecule has 7 heteroatoms. The van der Waals surface area contributed by atoms with E-state index in [2.05, 4.69) is 51.3 Å². The van der Waals surface area contributed by atoms with Crippen LogP contribution in [0.3, 0.4) is 0 Å². The Bertz CT molecular complexity index is 410. The fraction of sp³-hybridized carbons (Fsp3) is 0.786. The van der Waals surface area contributed by atoms with Crippen molar-refractivity contribution in [2.75, 3.05) is 55.4 Å². The van der Waals surface area contributed by atoms with Gasteiger partial charge in [0.05, 0.1) is 6.61 Å². The normalized spacial score (nSPS) is 12.0. The number of nitrogens with zero attached hydrogens (tertiary/aromatic N) is 4. The van der Waals surface area contributed by atoms with Gasteiger partial charge in [0, 0.05) is 33.3 Å². The van der Waals surface area contributed by atoms with Gasteiger partial charge in [-0.1, -0.05) is 6.92 Å². The van der Waals surface area contributed by atoms with Crippen molar-refractivity contribution in [2.45, 2.75) is 27.7 Å². The van der Waals surface area contributed by atoms with Crippen LogP contribution < -0.4 is 15.5 Å². The summed E-state index contributed by atoms with van der Waals surface area (Å²) in [5, 5.41) is 6.41. The van der Waals surface area contributed by atoms with Crippen LogP contribution in [0.4, 0.5) is 17.8 Å². The van der Waals surface area contributed by atoms with Crippen LogP contribution in [0.25, 0.3) is 0 Å². The second-order valence-electron chi connectivity index (χ2n) is 4.93. The molecule has 0 aliphatic carbocycles. The molecule has 0 aliphatic rings. The van der Waals surface area contributed by atoms with Crippen molar-refractivity contribution in [3.63, 3.8) is 0 Å². The molecule has 7 nitrogen and oxygen atoms in total. The maximum Gasteiger partial charge on any atom is 0.231 e. The van der Waals surface area contributed by atoms with Crippen LogP contribution >= 0.6 is 0 Å². The Morgan fingerprint density at radius 1 is 1.05 bits per heavy atom. The van der Waals surface area contributed by atoms with Crippen LogP contribution in [0.2, 0.25) is 0 Å². The Balaban J connectivity index is 2.86. The topological polar surface area (TPSA) is 75.2 Å². The highest BCUT2D eigenvalue weighted by atomic mass is 16.5. The molecular formula is C14H28N6O. The van der Waals surface area contributed by atoms with Crippen molar-refractivity contribution in [1.29, 1.82) is 0 Å². The predicted molar refractivity (Wildman–Crippen MR) is 87.1 cm³/mol. The second-order valence-corrected chi connectivity index (χ2v) is 4.93. The highest BCUT2D eigenvalue weighted by molar-refractivity contribution is 5.43. The molecule has 21 heavy (non-hydrogen) atoms. The van der Waals surface area contributed by atoms with Gasteiger partial charge in [0.2, 0.25) is 17.8 Å². The molecule has 0 fully saturated rings. The first-order valence-electron chi connectivity index (χ1n) is 7.62. The second kappa shape index (κ2) is 9.33. The first-order chi connectivity index (χ1) is 10.1. The summed E-state index contributed by atoms with van der Waals surface area (Å²) in [5.74, 6) is 2.31. The molecule has 0 amide bonds. The fourth-order valence-corrected chi connectivity index (χ4v) is 1.94. The molecule has 1 unspecified atom stereocenters. The fourth-order valence-electron chi connectivity index (χ4n) is 1.94. The first kappa shape index (κ1) is 17.4. The number of aromatic nitrogens is 3. The minimum atomic E-state index is 0.395. The van der Waals surface area contributed by atoms with E-state index < -0.39 is 0 Å². The SMILES string of the molecule is CCNc1nc(NCC(C)COC)nc(N(CC)CC)n1. The number of methoxy groups -OCH3 is 1. The quantitative estimate of drug-likeness (QED) is 0.682. The zero-order chi connectivity index (χ0) is 15.7. The lowest BCUT2D eigenvalue weighted by molar-refractivity contribution is 0.164. The summed E-state index contributed by atoms with van der Waals surface area (Å²) in [6.45, 7) is 12.3. The molecule has 1 aromatic rings. The average Bonchev–Trinajstić information content (AvgIpc) is 2.47. The van der Waals surface area contributed by atoms with Crippen molar-refractivity contribution in [2.24, 2.45) is 5.92 Å². The number of hydrogen-bond acceptors (Lipinski definition) is 7. The third kappa shape index (κ3) is 5.71. The predicted octanol–water partition coefficient (Wildman–Crippen LogP) is 1.84. The van der Waals surface area contributed by atoms with Crippen molar-refractivity contribution in [1.82, 2.24) is 15.0 Å². The molecular weight excluding hydrogens is 268 g/mol. The van der Waals surface area contributed by atoms with Crippen molar-refractivity contribution in [3.8, 4) is 0 Å². The maximum atomic E-state index is 5.14. The third-order valence-corrected chi connectivity index (χ3v) is 3.06. The van der Waals surface area contributed by atoms with E-state index in [-0.39, 0.29) is 0 Å².